The second-order valence-electron chi connectivity index (χ2n) is 5.33. The highest BCUT2D eigenvalue weighted by atomic mass is 16.6. The molecule has 0 radical (unpaired) electrons. The summed E-state index contributed by atoms with van der Waals surface area (Å²) in [7, 11) is 1.13. The first-order valence-electron chi connectivity index (χ1n) is 7.86. The molecule has 0 unspecified atom stereocenters. The number of amides is 2. The van der Waals surface area contributed by atoms with Crippen molar-refractivity contribution in [2.75, 3.05) is 7.11 Å². The zero-order valence-electron chi connectivity index (χ0n) is 14.4. The number of hydrogen-bond acceptors (Lipinski definition) is 6. The number of nitrogens with one attached hydrogen (secondary N) is 1. The highest BCUT2D eigenvalue weighted by Crippen LogP contribution is 2.16. The molecule has 0 aliphatic carbocycles. The normalized spacial score (nSPS) is 11.2. The van der Waals surface area contributed by atoms with E-state index in [-0.39, 0.29) is 5.56 Å². The van der Waals surface area contributed by atoms with E-state index in [2.05, 4.69) is 4.74 Å². The van der Waals surface area contributed by atoms with Gasteiger partial charge in [0.05, 0.1) is 12.7 Å². The Morgan fingerprint density at radius 3 is 2.46 bits per heavy atom. The van der Waals surface area contributed by atoms with Crippen LogP contribution in [-0.2, 0) is 20.9 Å². The fourth-order valence-corrected chi connectivity index (χ4v) is 1.99. The van der Waals surface area contributed by atoms with Gasteiger partial charge in [0.25, 0.3) is 5.91 Å². The number of benzene rings is 2. The van der Waals surface area contributed by atoms with Crippen LogP contribution in [0.3, 0.4) is 0 Å². The van der Waals surface area contributed by atoms with Crippen LogP contribution in [0, 0.1) is 0 Å². The van der Waals surface area contributed by atoms with Crippen molar-refractivity contribution < 1.29 is 28.6 Å². The van der Waals surface area contributed by atoms with Gasteiger partial charge < -0.3 is 14.2 Å². The lowest BCUT2D eigenvalue weighted by Crippen LogP contribution is -2.39. The fourth-order valence-electron chi connectivity index (χ4n) is 1.99. The molecule has 1 N–H and O–H groups in total. The quantitative estimate of drug-likeness (QED) is 0.800. The number of hydrogen-bond donors (Lipinski definition) is 1. The Morgan fingerprint density at radius 1 is 1.04 bits per heavy atom. The molecule has 0 heterocycles. The van der Waals surface area contributed by atoms with Crippen molar-refractivity contribution in [2.45, 2.75) is 19.6 Å². The Kier molecular flexibility index (Phi) is 6.73. The lowest BCUT2D eigenvalue weighted by atomic mass is 10.2. The minimum atomic E-state index is -1.16. The van der Waals surface area contributed by atoms with E-state index in [4.69, 9.17) is 9.47 Å². The van der Waals surface area contributed by atoms with Gasteiger partial charge in [0.1, 0.15) is 12.4 Å². The molecule has 0 spiro atoms. The van der Waals surface area contributed by atoms with Crippen LogP contribution in [0.4, 0.5) is 4.79 Å². The average molecular weight is 357 g/mol. The third kappa shape index (κ3) is 5.62. The lowest BCUT2D eigenvalue weighted by Gasteiger charge is -2.13. The summed E-state index contributed by atoms with van der Waals surface area (Å²) >= 11 is 0. The minimum Gasteiger partial charge on any atom is -0.489 e. The molecule has 0 saturated heterocycles. The number of carbonyl (C=O) groups excluding carboxylic acids is 3. The van der Waals surface area contributed by atoms with E-state index in [9.17, 15) is 14.4 Å². The first kappa shape index (κ1) is 19.0. The topological polar surface area (TPSA) is 90.9 Å². The van der Waals surface area contributed by atoms with Crippen LogP contribution in [0.2, 0.25) is 0 Å². The number of imide groups is 1. The summed E-state index contributed by atoms with van der Waals surface area (Å²) in [6.45, 7) is 1.71. The predicted molar refractivity (Wildman–Crippen MR) is 92.6 cm³/mol. The summed E-state index contributed by atoms with van der Waals surface area (Å²) in [4.78, 5) is 34.9. The lowest BCUT2D eigenvalue weighted by molar-refractivity contribution is -0.128. The van der Waals surface area contributed by atoms with E-state index < -0.39 is 24.1 Å². The molecule has 7 heteroatoms. The summed E-state index contributed by atoms with van der Waals surface area (Å²) in [6.07, 6.45) is -2.08. The largest absolute Gasteiger partial charge is 0.489 e. The molecule has 2 rings (SSSR count). The highest BCUT2D eigenvalue weighted by molar-refractivity contribution is 5.97. The third-order valence-electron chi connectivity index (χ3n) is 3.38. The van der Waals surface area contributed by atoms with E-state index in [1.807, 2.05) is 35.6 Å². The van der Waals surface area contributed by atoms with E-state index in [0.717, 1.165) is 12.7 Å². The van der Waals surface area contributed by atoms with Gasteiger partial charge in [0, 0.05) is 0 Å². The first-order chi connectivity index (χ1) is 12.5. The summed E-state index contributed by atoms with van der Waals surface area (Å²) in [6, 6.07) is 16.0. The zero-order chi connectivity index (χ0) is 18.9. The van der Waals surface area contributed by atoms with Crippen LogP contribution < -0.4 is 10.1 Å². The molecule has 0 aliphatic rings. The van der Waals surface area contributed by atoms with Crippen LogP contribution in [0.1, 0.15) is 22.8 Å². The summed E-state index contributed by atoms with van der Waals surface area (Å²) in [5.74, 6) is -0.987. The van der Waals surface area contributed by atoms with Crippen molar-refractivity contribution in [1.29, 1.82) is 0 Å². The van der Waals surface area contributed by atoms with Crippen molar-refractivity contribution in [3.05, 3.63) is 65.7 Å². The van der Waals surface area contributed by atoms with Crippen molar-refractivity contribution >= 4 is 18.0 Å². The Morgan fingerprint density at radius 2 is 1.77 bits per heavy atom. The number of alkyl carbamates (subject to hydrolysis) is 1. The monoisotopic (exact) mass is 357 g/mol. The second-order valence-corrected chi connectivity index (χ2v) is 5.33. The van der Waals surface area contributed by atoms with Crippen LogP contribution in [0.5, 0.6) is 5.75 Å². The zero-order valence-corrected chi connectivity index (χ0v) is 14.4. The smallest absolute Gasteiger partial charge is 0.413 e. The number of rotatable bonds is 6. The standard InChI is InChI=1S/C19H19NO6/c1-13(17(21)20-19(23)24-2)26-18(22)15-9-6-10-16(11-15)25-12-14-7-4-3-5-8-14/h3-11,13H,12H2,1-2H3,(H,20,21,23)/t13-/m0/s1. The van der Waals surface area contributed by atoms with Gasteiger partial charge in [-0.15, -0.1) is 0 Å². The maximum absolute atomic E-state index is 12.2. The Balaban J connectivity index is 1.94. The molecule has 0 bridgehead atoms. The molecule has 0 fully saturated rings. The van der Waals surface area contributed by atoms with Crippen molar-refractivity contribution in [2.24, 2.45) is 0 Å². The second kappa shape index (κ2) is 9.22. The Hall–Kier alpha value is -3.35. The molecular formula is C19H19NO6. The maximum atomic E-state index is 12.2. The number of carbonyl (C=O) groups is 3. The van der Waals surface area contributed by atoms with Gasteiger partial charge >= 0.3 is 12.1 Å². The van der Waals surface area contributed by atoms with Gasteiger partial charge in [-0.05, 0) is 30.7 Å². The minimum absolute atomic E-state index is 0.230. The first-order valence-corrected chi connectivity index (χ1v) is 7.86. The molecule has 0 saturated carbocycles. The van der Waals surface area contributed by atoms with Crippen molar-refractivity contribution in [3.8, 4) is 5.75 Å². The molecule has 2 amide bonds. The van der Waals surface area contributed by atoms with E-state index >= 15 is 0 Å². The van der Waals surface area contributed by atoms with Gasteiger partial charge in [0.2, 0.25) is 0 Å². The molecule has 1 atom stereocenters. The molecule has 2 aromatic carbocycles. The number of esters is 1. The van der Waals surface area contributed by atoms with Gasteiger partial charge in [-0.2, -0.15) is 0 Å². The van der Waals surface area contributed by atoms with E-state index in [1.54, 1.807) is 18.2 Å². The fraction of sp³-hybridized carbons (Fsp3) is 0.211. The SMILES string of the molecule is COC(=O)NC(=O)[C@H](C)OC(=O)c1cccc(OCc2ccccc2)c1. The van der Waals surface area contributed by atoms with Crippen molar-refractivity contribution in [3.63, 3.8) is 0 Å². The van der Waals surface area contributed by atoms with Crippen LogP contribution in [0.25, 0.3) is 0 Å². The average Bonchev–Trinajstić information content (AvgIpc) is 2.67. The molecule has 0 aromatic heterocycles. The van der Waals surface area contributed by atoms with Crippen LogP contribution >= 0.6 is 0 Å². The van der Waals surface area contributed by atoms with Gasteiger partial charge in [-0.1, -0.05) is 36.4 Å². The Labute approximate surface area is 150 Å². The van der Waals surface area contributed by atoms with Gasteiger partial charge in [-0.25, -0.2) is 9.59 Å². The molecule has 7 nitrogen and oxygen atoms in total. The van der Waals surface area contributed by atoms with Gasteiger partial charge in [-0.3, -0.25) is 10.1 Å². The van der Waals surface area contributed by atoms with Crippen LogP contribution in [0.15, 0.2) is 54.6 Å². The van der Waals surface area contributed by atoms with Gasteiger partial charge in [0.15, 0.2) is 6.10 Å². The van der Waals surface area contributed by atoms with Crippen LogP contribution in [-0.4, -0.2) is 31.2 Å². The van der Waals surface area contributed by atoms with E-state index in [1.165, 1.54) is 13.0 Å². The summed E-state index contributed by atoms with van der Waals surface area (Å²) in [5.41, 5.74) is 1.22. The maximum Gasteiger partial charge on any atom is 0.413 e. The number of ether oxygens (including phenoxy) is 3. The summed E-state index contributed by atoms with van der Waals surface area (Å²) < 4.78 is 15.0. The molecule has 0 aliphatic heterocycles. The van der Waals surface area contributed by atoms with E-state index in [0.29, 0.717) is 12.4 Å². The molecular weight excluding hydrogens is 338 g/mol. The molecule has 136 valence electrons. The molecule has 26 heavy (non-hydrogen) atoms. The number of methoxy groups -OCH3 is 1. The molecule has 2 aromatic rings. The van der Waals surface area contributed by atoms with Crippen molar-refractivity contribution in [1.82, 2.24) is 5.32 Å². The summed E-state index contributed by atoms with van der Waals surface area (Å²) in [5, 5.41) is 1.93. The Bertz CT molecular complexity index is 775. The highest BCUT2D eigenvalue weighted by Gasteiger charge is 2.21. The predicted octanol–water partition coefficient (Wildman–Crippen LogP) is 2.69. The third-order valence-corrected chi connectivity index (χ3v) is 3.38.